The first-order valence-electron chi connectivity index (χ1n) is 2.11. The van der Waals surface area contributed by atoms with Gasteiger partial charge >= 0.3 is 64.5 Å². The standard InChI is InChI=1S/C3H2BF6.K/c1-2(3(5,6)7)4(8,9)10;/h1H2;/q-1;+1. The second-order valence-electron chi connectivity index (χ2n) is 1.60. The van der Waals surface area contributed by atoms with Crippen LogP contribution in [0.1, 0.15) is 0 Å². The van der Waals surface area contributed by atoms with Gasteiger partial charge in [-0.2, -0.15) is 13.2 Å². The minimum Gasteiger partial charge on any atom is -0.445 e. The van der Waals surface area contributed by atoms with E-state index < -0.39 is 18.6 Å². The van der Waals surface area contributed by atoms with Gasteiger partial charge in [0.2, 0.25) is 0 Å². The van der Waals surface area contributed by atoms with Gasteiger partial charge in [-0.1, -0.05) is 0 Å². The van der Waals surface area contributed by atoms with Gasteiger partial charge in [0.15, 0.2) is 0 Å². The predicted octanol–water partition coefficient (Wildman–Crippen LogP) is -0.505. The Labute approximate surface area is 102 Å². The Morgan fingerprint density at radius 2 is 1.36 bits per heavy atom. The summed E-state index contributed by atoms with van der Waals surface area (Å²) < 4.78 is 67.0. The number of halogens is 6. The summed E-state index contributed by atoms with van der Waals surface area (Å²) in [5.74, 6) is 0. The summed E-state index contributed by atoms with van der Waals surface area (Å²) in [4.78, 5) is 0. The Bertz CT molecular complexity index is 129. The SMILES string of the molecule is C=C([B-](F)(F)F)C(F)(F)F.[K+]. The molecule has 0 heterocycles. The molecule has 0 radical (unpaired) electrons. The zero-order chi connectivity index (χ0) is 8.58. The van der Waals surface area contributed by atoms with Crippen LogP contribution in [0.5, 0.6) is 0 Å². The van der Waals surface area contributed by atoms with Gasteiger partial charge in [-0.3, -0.25) is 0 Å². The Kier molecular flexibility index (Phi) is 5.70. The molecule has 0 nitrogen and oxygen atoms in total. The van der Waals surface area contributed by atoms with E-state index in [4.69, 9.17) is 0 Å². The van der Waals surface area contributed by atoms with Crippen LogP contribution < -0.4 is 51.4 Å². The number of hydrogen-bond donors (Lipinski definition) is 0. The monoisotopic (exact) mass is 202 g/mol. The van der Waals surface area contributed by atoms with Crippen LogP contribution in [0.25, 0.3) is 0 Å². The van der Waals surface area contributed by atoms with Gasteiger partial charge in [-0.25, -0.2) is 0 Å². The Balaban J connectivity index is 0. The minimum atomic E-state index is -5.98. The van der Waals surface area contributed by atoms with E-state index in [0.29, 0.717) is 0 Å². The van der Waals surface area contributed by atoms with Crippen LogP contribution in [-0.4, -0.2) is 13.2 Å². The van der Waals surface area contributed by atoms with E-state index in [1.807, 2.05) is 6.58 Å². The molecule has 11 heavy (non-hydrogen) atoms. The zero-order valence-electron chi connectivity index (χ0n) is 5.55. The van der Waals surface area contributed by atoms with Crippen molar-refractivity contribution < 1.29 is 77.5 Å². The third-order valence-corrected chi connectivity index (χ3v) is 0.759. The average Bonchev–Trinajstić information content (AvgIpc) is 1.59. The molecular formula is C3H2BF6K. The molecule has 0 aromatic carbocycles. The summed E-state index contributed by atoms with van der Waals surface area (Å²) in [7, 11) is 0. The van der Waals surface area contributed by atoms with Crippen molar-refractivity contribution in [1.82, 2.24) is 0 Å². The third-order valence-electron chi connectivity index (χ3n) is 0.759. The van der Waals surface area contributed by atoms with Crippen LogP contribution in [0.2, 0.25) is 0 Å². The summed E-state index contributed by atoms with van der Waals surface area (Å²) >= 11 is 0. The molecule has 0 spiro atoms. The van der Waals surface area contributed by atoms with Gasteiger partial charge in [-0.05, 0) is 5.47 Å². The van der Waals surface area contributed by atoms with Gasteiger partial charge in [0.1, 0.15) is 0 Å². The molecule has 0 aliphatic rings. The average molecular weight is 202 g/mol. The molecule has 0 aliphatic heterocycles. The fraction of sp³-hybridized carbons (Fsp3) is 0.333. The maximum Gasteiger partial charge on any atom is 1.00 e. The minimum absolute atomic E-state index is 0. The van der Waals surface area contributed by atoms with E-state index in [1.54, 1.807) is 0 Å². The van der Waals surface area contributed by atoms with Crippen LogP contribution in [-0.2, 0) is 0 Å². The number of allylic oxidation sites excluding steroid dienone is 1. The normalized spacial score (nSPS) is 12.2. The van der Waals surface area contributed by atoms with Crippen molar-refractivity contribution in [1.29, 1.82) is 0 Å². The molecule has 60 valence electrons. The molecule has 0 aromatic heterocycles. The molecule has 0 saturated heterocycles. The van der Waals surface area contributed by atoms with E-state index in [1.165, 1.54) is 0 Å². The van der Waals surface area contributed by atoms with E-state index in [9.17, 15) is 26.1 Å². The van der Waals surface area contributed by atoms with Crippen LogP contribution in [0.4, 0.5) is 26.1 Å². The molecule has 0 rings (SSSR count). The van der Waals surface area contributed by atoms with E-state index >= 15 is 0 Å². The quantitative estimate of drug-likeness (QED) is 0.397. The van der Waals surface area contributed by atoms with Gasteiger partial charge in [0, 0.05) is 0 Å². The zero-order valence-corrected chi connectivity index (χ0v) is 8.68. The van der Waals surface area contributed by atoms with Gasteiger partial charge < -0.3 is 12.9 Å². The molecule has 0 fully saturated rings. The summed E-state index contributed by atoms with van der Waals surface area (Å²) in [6.45, 7) is -4.10. The summed E-state index contributed by atoms with van der Waals surface area (Å²) in [5, 5.41) is 0. The van der Waals surface area contributed by atoms with Crippen LogP contribution in [0, 0.1) is 0 Å². The molecule has 0 bridgehead atoms. The fourth-order valence-corrected chi connectivity index (χ4v) is 0.186. The van der Waals surface area contributed by atoms with Crippen molar-refractivity contribution >= 4 is 6.98 Å². The van der Waals surface area contributed by atoms with Crippen LogP contribution >= 0.6 is 0 Å². The van der Waals surface area contributed by atoms with E-state index in [2.05, 4.69) is 0 Å². The smallest absolute Gasteiger partial charge is 0.445 e. The maximum absolute atomic E-state index is 11.2. The maximum atomic E-state index is 11.2. The molecule has 0 saturated carbocycles. The number of alkyl halides is 3. The molecule has 0 atom stereocenters. The van der Waals surface area contributed by atoms with Crippen molar-refractivity contribution in [3.8, 4) is 0 Å². The van der Waals surface area contributed by atoms with Gasteiger partial charge in [0.25, 0.3) is 0 Å². The van der Waals surface area contributed by atoms with Crippen molar-refractivity contribution in [3.05, 3.63) is 12.1 Å². The molecular weight excluding hydrogens is 200 g/mol. The first-order valence-corrected chi connectivity index (χ1v) is 2.11. The topological polar surface area (TPSA) is 0 Å². The summed E-state index contributed by atoms with van der Waals surface area (Å²) in [5.41, 5.74) is -2.62. The summed E-state index contributed by atoms with van der Waals surface area (Å²) in [6.07, 6.45) is -5.35. The molecule has 8 heteroatoms. The Hall–Kier alpha value is 1.02. The number of hydrogen-bond acceptors (Lipinski definition) is 0. The molecule has 0 unspecified atom stereocenters. The molecule has 0 N–H and O–H groups in total. The third kappa shape index (κ3) is 5.29. The second-order valence-corrected chi connectivity index (χ2v) is 1.60. The van der Waals surface area contributed by atoms with Crippen LogP contribution in [0.15, 0.2) is 12.1 Å². The predicted molar refractivity (Wildman–Crippen MR) is 24.3 cm³/mol. The largest absolute Gasteiger partial charge is 1.00 e. The van der Waals surface area contributed by atoms with Crippen molar-refractivity contribution in [3.63, 3.8) is 0 Å². The molecule has 0 aliphatic carbocycles. The fourth-order valence-electron chi connectivity index (χ4n) is 0.186. The van der Waals surface area contributed by atoms with Crippen molar-refractivity contribution in [2.75, 3.05) is 0 Å². The van der Waals surface area contributed by atoms with Crippen molar-refractivity contribution in [2.24, 2.45) is 0 Å². The molecule has 0 aromatic rings. The Morgan fingerprint density at radius 3 is 1.36 bits per heavy atom. The Morgan fingerprint density at radius 1 is 1.09 bits per heavy atom. The van der Waals surface area contributed by atoms with Crippen molar-refractivity contribution in [2.45, 2.75) is 6.18 Å². The van der Waals surface area contributed by atoms with Gasteiger partial charge in [0.05, 0.1) is 0 Å². The van der Waals surface area contributed by atoms with E-state index in [0.717, 1.165) is 0 Å². The van der Waals surface area contributed by atoms with Crippen LogP contribution in [0.3, 0.4) is 0 Å². The second kappa shape index (κ2) is 4.31. The van der Waals surface area contributed by atoms with E-state index in [-0.39, 0.29) is 51.4 Å². The first-order chi connectivity index (χ1) is 4.15. The van der Waals surface area contributed by atoms with Gasteiger partial charge in [-0.15, -0.1) is 6.58 Å². The first kappa shape index (κ1) is 14.5. The molecule has 0 amide bonds. The number of rotatable bonds is 1. The summed E-state index contributed by atoms with van der Waals surface area (Å²) in [6, 6.07) is 0.